The van der Waals surface area contributed by atoms with Gasteiger partial charge in [0.25, 0.3) is 0 Å². The molecule has 8 heteroatoms. The van der Waals surface area contributed by atoms with E-state index in [0.717, 1.165) is 78.0 Å². The molecule has 2 N–H and O–H groups in total. The summed E-state index contributed by atoms with van der Waals surface area (Å²) in [5, 5.41) is 5.94. The Hall–Kier alpha value is -3.23. The van der Waals surface area contributed by atoms with Gasteiger partial charge in [-0.25, -0.2) is 15.0 Å². The van der Waals surface area contributed by atoms with Gasteiger partial charge in [-0.15, -0.1) is 0 Å². The van der Waals surface area contributed by atoms with Crippen LogP contribution < -0.4 is 10.1 Å². The summed E-state index contributed by atoms with van der Waals surface area (Å²) in [5.74, 6) is 1.56. The van der Waals surface area contributed by atoms with Crippen molar-refractivity contribution in [1.29, 1.82) is 0 Å². The minimum atomic E-state index is 0.425. The molecule has 0 spiro atoms. The zero-order chi connectivity index (χ0) is 23.6. The molecule has 2 fully saturated rings. The molecular formula is C27H32N6O2. The zero-order valence-corrected chi connectivity index (χ0v) is 20.2. The Bertz CT molecular complexity index is 1290. The quantitative estimate of drug-likeness (QED) is 0.423. The molecule has 35 heavy (non-hydrogen) atoms. The third-order valence-corrected chi connectivity index (χ3v) is 7.35. The number of ether oxygens (including phenoxy) is 2. The fourth-order valence-corrected chi connectivity index (χ4v) is 5.52. The van der Waals surface area contributed by atoms with Gasteiger partial charge >= 0.3 is 0 Å². The number of hydrogen-bond donors (Lipinski definition) is 2. The molecule has 0 unspecified atom stereocenters. The maximum atomic E-state index is 5.53. The Balaban J connectivity index is 1.24. The molecule has 1 aliphatic carbocycles. The van der Waals surface area contributed by atoms with Gasteiger partial charge in [-0.1, -0.05) is 6.07 Å². The van der Waals surface area contributed by atoms with Gasteiger partial charge in [0.15, 0.2) is 0 Å². The van der Waals surface area contributed by atoms with E-state index in [1.54, 1.807) is 6.33 Å². The van der Waals surface area contributed by atoms with E-state index in [1.165, 1.54) is 12.8 Å². The fraction of sp³-hybridized carbons (Fsp3) is 0.444. The lowest BCUT2D eigenvalue weighted by Crippen LogP contribution is -2.46. The van der Waals surface area contributed by atoms with Gasteiger partial charge in [0, 0.05) is 53.9 Å². The van der Waals surface area contributed by atoms with E-state index in [1.807, 2.05) is 19.2 Å². The van der Waals surface area contributed by atoms with Crippen molar-refractivity contribution in [3.63, 3.8) is 0 Å². The highest BCUT2D eigenvalue weighted by Gasteiger charge is 2.27. The molecule has 8 nitrogen and oxygen atoms in total. The minimum Gasteiger partial charge on any atom is -0.478 e. The van der Waals surface area contributed by atoms with Gasteiger partial charge in [-0.2, -0.15) is 0 Å². The second-order valence-electron chi connectivity index (χ2n) is 9.45. The third kappa shape index (κ3) is 4.56. The maximum absolute atomic E-state index is 5.53. The van der Waals surface area contributed by atoms with E-state index in [4.69, 9.17) is 9.47 Å². The van der Waals surface area contributed by atoms with Crippen molar-refractivity contribution in [3.05, 3.63) is 42.9 Å². The molecular weight excluding hydrogens is 440 g/mol. The number of morpholine rings is 1. The second-order valence-corrected chi connectivity index (χ2v) is 9.45. The molecule has 0 bridgehead atoms. The molecule has 4 aromatic rings. The molecule has 182 valence electrons. The molecule has 1 saturated heterocycles. The number of aromatic nitrogens is 4. The number of benzene rings is 1. The number of pyridine rings is 1. The number of fused-ring (bicyclic) bond motifs is 3. The number of aromatic amines is 1. The molecule has 3 aromatic heterocycles. The first-order valence-electron chi connectivity index (χ1n) is 12.7. The standard InChI is InChI=1S/C27H32N6O2/c1-2-35-24-10-4-19(16-28-24)18-3-9-23-22(15-18)25-26(29-17-30-27(25)32-23)31-20-5-7-21(8-6-20)33-11-13-34-14-12-33/h3-4,9-10,15-17,20-21H,2,5-8,11-14H2,1H3,(H2,29,30,31,32)/t20-,21-. The van der Waals surface area contributed by atoms with E-state index in [9.17, 15) is 0 Å². The van der Waals surface area contributed by atoms with Gasteiger partial charge in [-0.3, -0.25) is 4.90 Å². The number of H-pyrrole nitrogens is 1. The van der Waals surface area contributed by atoms with Crippen LogP contribution in [0.2, 0.25) is 0 Å². The third-order valence-electron chi connectivity index (χ3n) is 7.35. The topological polar surface area (TPSA) is 88.2 Å². The highest BCUT2D eigenvalue weighted by atomic mass is 16.5. The van der Waals surface area contributed by atoms with Gasteiger partial charge in [0.2, 0.25) is 5.88 Å². The largest absolute Gasteiger partial charge is 0.478 e. The van der Waals surface area contributed by atoms with E-state index in [2.05, 4.69) is 54.4 Å². The van der Waals surface area contributed by atoms with Crippen LogP contribution in [-0.2, 0) is 4.74 Å². The van der Waals surface area contributed by atoms with Crippen molar-refractivity contribution in [3.8, 4) is 17.0 Å². The van der Waals surface area contributed by atoms with Gasteiger partial charge < -0.3 is 19.8 Å². The summed E-state index contributed by atoms with van der Waals surface area (Å²) in [5.41, 5.74) is 4.08. The normalized spacial score (nSPS) is 21.4. The lowest BCUT2D eigenvalue weighted by atomic mass is 9.90. The van der Waals surface area contributed by atoms with Crippen LogP contribution in [0.15, 0.2) is 42.9 Å². The summed E-state index contributed by atoms with van der Waals surface area (Å²) in [7, 11) is 0. The Morgan fingerprint density at radius 2 is 1.86 bits per heavy atom. The Morgan fingerprint density at radius 1 is 1.03 bits per heavy atom. The van der Waals surface area contributed by atoms with E-state index >= 15 is 0 Å². The Labute approximate surface area is 205 Å². The highest BCUT2D eigenvalue weighted by Crippen LogP contribution is 2.34. The smallest absolute Gasteiger partial charge is 0.213 e. The van der Waals surface area contributed by atoms with Crippen LogP contribution in [0.4, 0.5) is 5.82 Å². The van der Waals surface area contributed by atoms with Crippen molar-refractivity contribution >= 4 is 27.8 Å². The Morgan fingerprint density at radius 3 is 2.63 bits per heavy atom. The number of nitrogens with zero attached hydrogens (tertiary/aromatic N) is 4. The molecule has 4 heterocycles. The van der Waals surface area contributed by atoms with Crippen molar-refractivity contribution in [2.45, 2.75) is 44.7 Å². The molecule has 0 amide bonds. The maximum Gasteiger partial charge on any atom is 0.213 e. The van der Waals surface area contributed by atoms with Crippen molar-refractivity contribution in [2.75, 3.05) is 38.2 Å². The van der Waals surface area contributed by atoms with Crippen LogP contribution in [0.1, 0.15) is 32.6 Å². The van der Waals surface area contributed by atoms with Crippen LogP contribution >= 0.6 is 0 Å². The second kappa shape index (κ2) is 9.79. The number of anilines is 1. The predicted molar refractivity (Wildman–Crippen MR) is 138 cm³/mol. The minimum absolute atomic E-state index is 0.425. The van der Waals surface area contributed by atoms with Crippen LogP contribution in [0.25, 0.3) is 33.1 Å². The van der Waals surface area contributed by atoms with Crippen LogP contribution in [-0.4, -0.2) is 69.8 Å². The predicted octanol–water partition coefficient (Wildman–Crippen LogP) is 4.63. The summed E-state index contributed by atoms with van der Waals surface area (Å²) >= 11 is 0. The molecule has 1 aromatic carbocycles. The van der Waals surface area contributed by atoms with E-state index in [0.29, 0.717) is 24.6 Å². The average Bonchev–Trinajstić information content (AvgIpc) is 3.29. The molecule has 2 aliphatic rings. The van der Waals surface area contributed by atoms with Gasteiger partial charge in [-0.05, 0) is 56.4 Å². The molecule has 6 rings (SSSR count). The Kier molecular flexibility index (Phi) is 6.22. The van der Waals surface area contributed by atoms with Crippen molar-refractivity contribution in [2.24, 2.45) is 0 Å². The molecule has 0 atom stereocenters. The van der Waals surface area contributed by atoms with E-state index in [-0.39, 0.29) is 0 Å². The van der Waals surface area contributed by atoms with E-state index < -0.39 is 0 Å². The molecule has 0 radical (unpaired) electrons. The first-order chi connectivity index (χ1) is 17.3. The summed E-state index contributed by atoms with van der Waals surface area (Å²) in [6, 6.07) is 11.5. The monoisotopic (exact) mass is 472 g/mol. The molecule has 1 aliphatic heterocycles. The lowest BCUT2D eigenvalue weighted by molar-refractivity contribution is 0.00791. The number of hydrogen-bond acceptors (Lipinski definition) is 7. The average molecular weight is 473 g/mol. The number of rotatable bonds is 6. The summed E-state index contributed by atoms with van der Waals surface area (Å²) in [6.07, 6.45) is 8.25. The van der Waals surface area contributed by atoms with Crippen LogP contribution in [0.3, 0.4) is 0 Å². The van der Waals surface area contributed by atoms with Crippen molar-refractivity contribution < 1.29 is 9.47 Å². The highest BCUT2D eigenvalue weighted by molar-refractivity contribution is 6.12. The van der Waals surface area contributed by atoms with Crippen LogP contribution in [0, 0.1) is 0 Å². The lowest BCUT2D eigenvalue weighted by Gasteiger charge is -2.39. The van der Waals surface area contributed by atoms with Gasteiger partial charge in [0.1, 0.15) is 17.8 Å². The van der Waals surface area contributed by atoms with Crippen LogP contribution in [0.5, 0.6) is 5.88 Å². The SMILES string of the molecule is CCOc1ccc(-c2ccc3[nH]c4ncnc(N[C@H]5CC[C@H](N6CCOCC6)CC5)c4c3c2)cn1. The summed E-state index contributed by atoms with van der Waals surface area (Å²) in [6.45, 7) is 6.44. The zero-order valence-electron chi connectivity index (χ0n) is 20.2. The first kappa shape index (κ1) is 22.2. The van der Waals surface area contributed by atoms with Gasteiger partial charge in [0.05, 0.1) is 25.2 Å². The first-order valence-corrected chi connectivity index (χ1v) is 12.7. The summed E-state index contributed by atoms with van der Waals surface area (Å²) in [4.78, 5) is 19.7. The fourth-order valence-electron chi connectivity index (χ4n) is 5.52. The molecule has 1 saturated carbocycles. The summed E-state index contributed by atoms with van der Waals surface area (Å²) < 4.78 is 11.0. The van der Waals surface area contributed by atoms with Crippen molar-refractivity contribution in [1.82, 2.24) is 24.8 Å². The number of nitrogens with one attached hydrogen (secondary N) is 2.